The van der Waals surface area contributed by atoms with Crippen LogP contribution in [0, 0.1) is 0 Å². The lowest BCUT2D eigenvalue weighted by Crippen LogP contribution is -2.19. The van der Waals surface area contributed by atoms with Crippen molar-refractivity contribution in [3.63, 3.8) is 0 Å². The predicted molar refractivity (Wildman–Crippen MR) is 92.3 cm³/mol. The fourth-order valence-electron chi connectivity index (χ4n) is 3.17. The van der Waals surface area contributed by atoms with Crippen LogP contribution in [-0.2, 0) is 9.53 Å². The summed E-state index contributed by atoms with van der Waals surface area (Å²) in [5, 5.41) is 0. The Morgan fingerprint density at radius 1 is 1.09 bits per heavy atom. The molecule has 1 atom stereocenters. The van der Waals surface area contributed by atoms with E-state index in [0.717, 1.165) is 29.1 Å². The van der Waals surface area contributed by atoms with Gasteiger partial charge in [0.1, 0.15) is 0 Å². The van der Waals surface area contributed by atoms with Crippen molar-refractivity contribution in [1.29, 1.82) is 0 Å². The molecule has 1 unspecified atom stereocenters. The number of allylic oxidation sites excluding steroid dienone is 1. The number of ether oxygens (including phenoxy) is 1. The van der Waals surface area contributed by atoms with Gasteiger partial charge in [0.2, 0.25) is 0 Å². The molecule has 23 heavy (non-hydrogen) atoms. The third kappa shape index (κ3) is 3.00. The number of rotatable bonds is 4. The Morgan fingerprint density at radius 2 is 1.70 bits per heavy atom. The summed E-state index contributed by atoms with van der Waals surface area (Å²) in [6, 6.07) is 20.3. The minimum atomic E-state index is -0.211. The number of para-hydroxylation sites is 1. The first-order valence-electron chi connectivity index (χ1n) is 7.97. The first kappa shape index (κ1) is 15.3. The Hall–Kier alpha value is -2.55. The maximum atomic E-state index is 12.5. The topological polar surface area (TPSA) is 29.5 Å². The third-order valence-corrected chi connectivity index (χ3v) is 4.27. The van der Waals surface area contributed by atoms with Crippen molar-refractivity contribution < 1.29 is 9.53 Å². The molecular formula is C20H21NO2. The van der Waals surface area contributed by atoms with Crippen molar-refractivity contribution in [3.8, 4) is 0 Å². The molecular weight excluding hydrogens is 286 g/mol. The lowest BCUT2D eigenvalue weighted by molar-refractivity contribution is -0.138. The number of hydrogen-bond acceptors (Lipinski definition) is 3. The zero-order valence-corrected chi connectivity index (χ0v) is 13.5. The first-order valence-corrected chi connectivity index (χ1v) is 7.97. The molecule has 3 rings (SSSR count). The number of esters is 1. The van der Waals surface area contributed by atoms with Crippen LogP contribution in [0.4, 0.5) is 5.69 Å². The maximum Gasteiger partial charge on any atom is 0.336 e. The van der Waals surface area contributed by atoms with Crippen LogP contribution in [0.2, 0.25) is 0 Å². The molecule has 1 aliphatic rings. The van der Waals surface area contributed by atoms with E-state index in [1.54, 1.807) is 0 Å². The van der Waals surface area contributed by atoms with Crippen molar-refractivity contribution >= 4 is 11.7 Å². The molecule has 2 aromatic rings. The minimum absolute atomic E-state index is 0.0375. The molecule has 0 aliphatic carbocycles. The van der Waals surface area contributed by atoms with Gasteiger partial charge in [-0.2, -0.15) is 0 Å². The zero-order valence-electron chi connectivity index (χ0n) is 13.5. The number of nitrogens with zero attached hydrogens (tertiary/aromatic N) is 1. The lowest BCUT2D eigenvalue weighted by atomic mass is 9.92. The molecule has 0 saturated carbocycles. The molecule has 0 aromatic heterocycles. The van der Waals surface area contributed by atoms with Gasteiger partial charge in [-0.05, 0) is 31.5 Å². The van der Waals surface area contributed by atoms with Gasteiger partial charge in [0.15, 0.2) is 0 Å². The largest absolute Gasteiger partial charge is 0.463 e. The van der Waals surface area contributed by atoms with E-state index in [9.17, 15) is 4.79 Å². The Balaban J connectivity index is 2.02. The number of carbonyl (C=O) groups is 1. The second-order valence-electron chi connectivity index (χ2n) is 5.63. The molecule has 2 aromatic carbocycles. The highest BCUT2D eigenvalue weighted by Gasteiger charge is 2.35. The summed E-state index contributed by atoms with van der Waals surface area (Å²) in [6.45, 7) is 4.99. The van der Waals surface area contributed by atoms with Crippen LogP contribution < -0.4 is 4.90 Å². The average molecular weight is 307 g/mol. The van der Waals surface area contributed by atoms with Crippen molar-refractivity contribution in [2.24, 2.45) is 0 Å². The molecule has 3 heteroatoms. The van der Waals surface area contributed by atoms with Crippen LogP contribution in [0.15, 0.2) is 71.9 Å². The molecule has 3 nitrogen and oxygen atoms in total. The van der Waals surface area contributed by atoms with Gasteiger partial charge in [0.05, 0.1) is 12.2 Å². The summed E-state index contributed by atoms with van der Waals surface area (Å²) < 4.78 is 5.31. The van der Waals surface area contributed by atoms with Crippen molar-refractivity contribution in [1.82, 2.24) is 0 Å². The summed E-state index contributed by atoms with van der Waals surface area (Å²) in [7, 11) is 0. The minimum Gasteiger partial charge on any atom is -0.463 e. The van der Waals surface area contributed by atoms with Crippen molar-refractivity contribution in [2.45, 2.75) is 19.8 Å². The lowest BCUT2D eigenvalue weighted by Gasteiger charge is -2.21. The van der Waals surface area contributed by atoms with Crippen molar-refractivity contribution in [3.05, 3.63) is 77.5 Å². The highest BCUT2D eigenvalue weighted by molar-refractivity contribution is 5.93. The molecule has 0 saturated heterocycles. The van der Waals surface area contributed by atoms with Crippen LogP contribution in [0.1, 0.15) is 25.3 Å². The molecule has 118 valence electrons. The van der Waals surface area contributed by atoms with Crippen LogP contribution in [0.3, 0.4) is 0 Å². The highest BCUT2D eigenvalue weighted by atomic mass is 16.5. The molecule has 1 aliphatic heterocycles. The number of carbonyl (C=O) groups excluding carboxylic acids is 1. The Bertz CT molecular complexity index is 707. The van der Waals surface area contributed by atoms with Crippen LogP contribution >= 0.6 is 0 Å². The molecule has 0 N–H and O–H groups in total. The predicted octanol–water partition coefficient (Wildman–Crippen LogP) is 4.13. The third-order valence-electron chi connectivity index (χ3n) is 4.27. The fraction of sp³-hybridized carbons (Fsp3) is 0.250. The van der Waals surface area contributed by atoms with Crippen LogP contribution in [0.25, 0.3) is 0 Å². The second-order valence-corrected chi connectivity index (χ2v) is 5.63. The maximum absolute atomic E-state index is 12.5. The van der Waals surface area contributed by atoms with E-state index < -0.39 is 0 Å². The van der Waals surface area contributed by atoms with E-state index in [-0.39, 0.29) is 11.9 Å². The Morgan fingerprint density at radius 3 is 2.30 bits per heavy atom. The fourth-order valence-corrected chi connectivity index (χ4v) is 3.17. The van der Waals surface area contributed by atoms with E-state index in [1.807, 2.05) is 50.2 Å². The van der Waals surface area contributed by atoms with Gasteiger partial charge in [-0.15, -0.1) is 0 Å². The number of anilines is 1. The number of hydrogen-bond donors (Lipinski definition) is 0. The normalized spacial score (nSPS) is 17.5. The summed E-state index contributed by atoms with van der Waals surface area (Å²) in [6.07, 6.45) is 0. The van der Waals surface area contributed by atoms with Crippen LogP contribution in [-0.4, -0.2) is 19.1 Å². The molecule has 0 radical (unpaired) electrons. The van der Waals surface area contributed by atoms with E-state index in [1.165, 1.54) is 0 Å². The van der Waals surface area contributed by atoms with Gasteiger partial charge >= 0.3 is 5.97 Å². The van der Waals surface area contributed by atoms with E-state index in [2.05, 4.69) is 29.2 Å². The van der Waals surface area contributed by atoms with Gasteiger partial charge in [-0.1, -0.05) is 48.5 Å². The molecule has 0 amide bonds. The number of benzene rings is 2. The van der Waals surface area contributed by atoms with Crippen LogP contribution in [0.5, 0.6) is 0 Å². The van der Waals surface area contributed by atoms with E-state index in [4.69, 9.17) is 4.74 Å². The molecule has 0 bridgehead atoms. The summed E-state index contributed by atoms with van der Waals surface area (Å²) in [5.74, 6) is -0.173. The quantitative estimate of drug-likeness (QED) is 0.796. The summed E-state index contributed by atoms with van der Waals surface area (Å²) in [5.41, 5.74) is 3.99. The summed E-state index contributed by atoms with van der Waals surface area (Å²) >= 11 is 0. The SMILES string of the molecule is CCOC(=O)C1=C(C)N(c2ccccc2)CC1c1ccccc1. The standard InChI is InChI=1S/C20H21NO2/c1-3-23-20(22)19-15(2)21(17-12-8-5-9-13-17)14-18(19)16-10-6-4-7-11-16/h4-13,18H,3,14H2,1-2H3. The monoisotopic (exact) mass is 307 g/mol. The Kier molecular flexibility index (Phi) is 4.47. The van der Waals surface area contributed by atoms with Gasteiger partial charge in [0.25, 0.3) is 0 Å². The first-order chi connectivity index (χ1) is 11.2. The highest BCUT2D eigenvalue weighted by Crippen LogP contribution is 2.39. The smallest absolute Gasteiger partial charge is 0.336 e. The zero-order chi connectivity index (χ0) is 16.2. The van der Waals surface area contributed by atoms with Gasteiger partial charge in [0, 0.05) is 23.8 Å². The van der Waals surface area contributed by atoms with Crippen molar-refractivity contribution in [2.75, 3.05) is 18.1 Å². The molecule has 0 spiro atoms. The van der Waals surface area contributed by atoms with E-state index >= 15 is 0 Å². The Labute approximate surface area is 137 Å². The van der Waals surface area contributed by atoms with Gasteiger partial charge in [-0.25, -0.2) is 4.79 Å². The van der Waals surface area contributed by atoms with Gasteiger partial charge in [-0.3, -0.25) is 0 Å². The molecule has 0 fully saturated rings. The van der Waals surface area contributed by atoms with Gasteiger partial charge < -0.3 is 9.64 Å². The molecule has 1 heterocycles. The summed E-state index contributed by atoms with van der Waals surface area (Å²) in [4.78, 5) is 14.7. The second kappa shape index (κ2) is 6.69. The average Bonchev–Trinajstić information content (AvgIpc) is 2.94. The van der Waals surface area contributed by atoms with E-state index in [0.29, 0.717) is 6.61 Å².